The van der Waals surface area contributed by atoms with Crippen LogP contribution in [-0.2, 0) is 14.2 Å². The van der Waals surface area contributed by atoms with Gasteiger partial charge < -0.3 is 24.0 Å². The number of ether oxygens (including phenoxy) is 3. The number of amides is 1. The summed E-state index contributed by atoms with van der Waals surface area (Å²) in [5, 5.41) is 9.19. The lowest BCUT2D eigenvalue weighted by atomic mass is 9.93. The molecule has 1 aliphatic rings. The third-order valence-corrected chi connectivity index (χ3v) is 12.1. The van der Waals surface area contributed by atoms with Gasteiger partial charge in [-0.3, -0.25) is 0 Å². The minimum Gasteiger partial charge on any atom is -0.444 e. The molecular weight excluding hydrogens is 665 g/mol. The van der Waals surface area contributed by atoms with Gasteiger partial charge in [-0.2, -0.15) is 14.7 Å². The van der Waals surface area contributed by atoms with Crippen molar-refractivity contribution in [2.75, 3.05) is 44.7 Å². The molecule has 0 saturated carbocycles. The third-order valence-electron chi connectivity index (χ3n) is 8.65. The molecule has 4 aromatic rings. The highest BCUT2D eigenvalue weighted by Gasteiger charge is 2.30. The van der Waals surface area contributed by atoms with Crippen molar-refractivity contribution >= 4 is 33.7 Å². The van der Waals surface area contributed by atoms with E-state index in [-0.39, 0.29) is 12.0 Å². The van der Waals surface area contributed by atoms with Gasteiger partial charge in [0.2, 0.25) is 0 Å². The summed E-state index contributed by atoms with van der Waals surface area (Å²) in [6.07, 6.45) is 8.62. The second-order valence-electron chi connectivity index (χ2n) is 16.7. The molecule has 0 bridgehead atoms. The van der Waals surface area contributed by atoms with Gasteiger partial charge in [-0.15, -0.1) is 0 Å². The summed E-state index contributed by atoms with van der Waals surface area (Å²) in [5.74, 6) is 1.76. The molecule has 14 heteroatoms. The molecule has 0 spiro atoms. The number of nitrogens with zero attached hydrogens (tertiary/aromatic N) is 8. The van der Waals surface area contributed by atoms with E-state index in [0.29, 0.717) is 39.8 Å². The van der Waals surface area contributed by atoms with Crippen LogP contribution in [0.15, 0.2) is 49.1 Å². The number of likely N-dealkylation sites (tertiary alicyclic amines) is 1. The first-order chi connectivity index (χ1) is 23.6. The number of hydrogen-bond acceptors (Lipinski definition) is 9. The average Bonchev–Trinajstić information content (AvgIpc) is 3.73. The van der Waals surface area contributed by atoms with Crippen LogP contribution < -0.4 is 4.90 Å². The Kier molecular flexibility index (Phi) is 11.9. The van der Waals surface area contributed by atoms with Crippen LogP contribution in [0.2, 0.25) is 51.4 Å². The van der Waals surface area contributed by atoms with Crippen molar-refractivity contribution in [3.8, 4) is 16.9 Å². The summed E-state index contributed by atoms with van der Waals surface area (Å²) < 4.78 is 22.0. The molecule has 50 heavy (non-hydrogen) atoms. The fourth-order valence-corrected chi connectivity index (χ4v) is 7.16. The number of pyridine rings is 1. The molecule has 0 N–H and O–H groups in total. The predicted molar refractivity (Wildman–Crippen MR) is 204 cm³/mol. The standard InChI is InChI=1S/C36H56N8O4Si2/c1-36(2,3)48-35(45)41-17-13-28(14-18-41)31-23-33(42(26-46-19-21-49(4,5)6)27-47-20-22-50(7,8)9)44-34(40-31)30(25-39-44)29-11-12-32(37-24-29)43-16-10-15-38-43/h10-12,15-16,23-25,28H,13-14,17-22,26-27H2,1-9H3. The fourth-order valence-electron chi connectivity index (χ4n) is 5.65. The van der Waals surface area contributed by atoms with Crippen molar-refractivity contribution in [1.29, 1.82) is 0 Å². The Bertz CT molecular complexity index is 1660. The predicted octanol–water partition coefficient (Wildman–Crippen LogP) is 7.52. The number of anilines is 1. The van der Waals surface area contributed by atoms with E-state index in [1.807, 2.05) is 67.0 Å². The van der Waals surface area contributed by atoms with E-state index in [1.54, 1.807) is 10.9 Å². The van der Waals surface area contributed by atoms with Gasteiger partial charge in [0, 0.05) is 89.8 Å². The molecule has 0 unspecified atom stereocenters. The van der Waals surface area contributed by atoms with Crippen LogP contribution in [-0.4, -0.2) is 102 Å². The van der Waals surface area contributed by atoms with E-state index in [0.717, 1.165) is 59.0 Å². The normalized spacial score (nSPS) is 14.8. The maximum absolute atomic E-state index is 12.9. The van der Waals surface area contributed by atoms with Gasteiger partial charge in [0.15, 0.2) is 11.5 Å². The Balaban J connectivity index is 1.48. The van der Waals surface area contributed by atoms with Crippen LogP contribution in [0.5, 0.6) is 0 Å². The van der Waals surface area contributed by atoms with Gasteiger partial charge in [-0.1, -0.05) is 39.3 Å². The number of carbonyl (C=O) groups excluding carboxylic acids is 1. The van der Waals surface area contributed by atoms with Gasteiger partial charge in [-0.25, -0.2) is 19.4 Å². The zero-order chi connectivity index (χ0) is 36.1. The summed E-state index contributed by atoms with van der Waals surface area (Å²) in [5.41, 5.74) is 2.98. The first-order valence-corrected chi connectivity index (χ1v) is 25.2. The van der Waals surface area contributed by atoms with Crippen LogP contribution in [0, 0.1) is 0 Å². The average molecular weight is 721 g/mol. The van der Waals surface area contributed by atoms with E-state index in [4.69, 9.17) is 24.3 Å². The topological polar surface area (TPSA) is 112 Å². The van der Waals surface area contributed by atoms with Crippen molar-refractivity contribution < 1.29 is 19.0 Å². The molecular formula is C36H56N8O4Si2. The van der Waals surface area contributed by atoms with Gasteiger partial charge in [0.05, 0.1) is 6.20 Å². The number of carbonyl (C=O) groups is 1. The van der Waals surface area contributed by atoms with E-state index >= 15 is 0 Å². The van der Waals surface area contributed by atoms with Crippen molar-refractivity contribution in [1.82, 2.24) is 34.3 Å². The fraction of sp³-hybridized carbons (Fsp3) is 0.583. The van der Waals surface area contributed by atoms with Crippen molar-refractivity contribution in [2.24, 2.45) is 0 Å². The lowest BCUT2D eigenvalue weighted by molar-refractivity contribution is 0.0204. The zero-order valence-corrected chi connectivity index (χ0v) is 33.5. The van der Waals surface area contributed by atoms with Gasteiger partial charge in [0.1, 0.15) is 24.9 Å². The van der Waals surface area contributed by atoms with E-state index < -0.39 is 21.7 Å². The molecule has 12 nitrogen and oxygen atoms in total. The second-order valence-corrected chi connectivity index (χ2v) is 27.9. The maximum Gasteiger partial charge on any atom is 0.410 e. The van der Waals surface area contributed by atoms with Gasteiger partial charge >= 0.3 is 6.09 Å². The molecule has 272 valence electrons. The summed E-state index contributed by atoms with van der Waals surface area (Å²) in [6, 6.07) is 10.2. The molecule has 1 fully saturated rings. The highest BCUT2D eigenvalue weighted by molar-refractivity contribution is 6.76. The highest BCUT2D eigenvalue weighted by atomic mass is 28.3. The van der Waals surface area contributed by atoms with Crippen molar-refractivity contribution in [2.45, 2.75) is 96.5 Å². The minimum atomic E-state index is -1.27. The largest absolute Gasteiger partial charge is 0.444 e. The highest BCUT2D eigenvalue weighted by Crippen LogP contribution is 2.33. The second kappa shape index (κ2) is 15.7. The molecule has 0 atom stereocenters. The lowest BCUT2D eigenvalue weighted by Crippen LogP contribution is -2.41. The number of aromatic nitrogens is 6. The molecule has 5 rings (SSSR count). The molecule has 4 aromatic heterocycles. The summed E-state index contributed by atoms with van der Waals surface area (Å²) in [7, 11) is -2.53. The minimum absolute atomic E-state index is 0.156. The smallest absolute Gasteiger partial charge is 0.410 e. The molecule has 0 aliphatic carbocycles. The SMILES string of the molecule is CC(C)(C)OC(=O)N1CCC(c2cc(N(COCC[Si](C)(C)C)COCC[Si](C)(C)C)n3ncc(-c4ccc(-n5cccn5)nc4)c3n2)CC1. The first kappa shape index (κ1) is 37.7. The van der Waals surface area contributed by atoms with Crippen LogP contribution >= 0.6 is 0 Å². The Labute approximate surface area is 299 Å². The molecule has 0 aromatic carbocycles. The van der Waals surface area contributed by atoms with Gasteiger partial charge in [-0.05, 0) is 63.9 Å². The summed E-state index contributed by atoms with van der Waals surface area (Å²) in [4.78, 5) is 26.7. The van der Waals surface area contributed by atoms with Crippen LogP contribution in [0.25, 0.3) is 22.6 Å². The first-order valence-electron chi connectivity index (χ1n) is 17.8. The molecule has 5 heterocycles. The van der Waals surface area contributed by atoms with Crippen molar-refractivity contribution in [3.63, 3.8) is 0 Å². The molecule has 1 saturated heterocycles. The number of piperidine rings is 1. The molecule has 1 amide bonds. The number of rotatable bonds is 14. The van der Waals surface area contributed by atoms with Crippen LogP contribution in [0.4, 0.5) is 10.6 Å². The van der Waals surface area contributed by atoms with Crippen molar-refractivity contribution in [3.05, 3.63) is 54.7 Å². The number of hydrogen-bond donors (Lipinski definition) is 0. The van der Waals surface area contributed by atoms with Crippen LogP contribution in [0.3, 0.4) is 0 Å². The Hall–Kier alpha value is -3.60. The lowest BCUT2D eigenvalue weighted by Gasteiger charge is -2.33. The number of fused-ring (bicyclic) bond motifs is 1. The molecule has 0 radical (unpaired) electrons. The van der Waals surface area contributed by atoms with Crippen LogP contribution in [0.1, 0.15) is 45.2 Å². The Morgan fingerprint density at radius 2 is 1.60 bits per heavy atom. The Morgan fingerprint density at radius 1 is 0.940 bits per heavy atom. The third kappa shape index (κ3) is 10.5. The van der Waals surface area contributed by atoms with E-state index in [9.17, 15) is 4.79 Å². The monoisotopic (exact) mass is 720 g/mol. The summed E-state index contributed by atoms with van der Waals surface area (Å²) >= 11 is 0. The summed E-state index contributed by atoms with van der Waals surface area (Å²) in [6.45, 7) is 23.2. The van der Waals surface area contributed by atoms with E-state index in [2.05, 4.69) is 60.3 Å². The Morgan fingerprint density at radius 3 is 2.14 bits per heavy atom. The van der Waals surface area contributed by atoms with E-state index in [1.165, 1.54) is 0 Å². The van der Waals surface area contributed by atoms with Gasteiger partial charge in [0.25, 0.3) is 0 Å². The molecule has 1 aliphatic heterocycles. The quantitative estimate of drug-likeness (QED) is 0.0742. The zero-order valence-electron chi connectivity index (χ0n) is 31.5. The maximum atomic E-state index is 12.9.